The maximum Gasteiger partial charge on any atom is 0.403 e. The molecule has 3 atom stereocenters. The van der Waals surface area contributed by atoms with Gasteiger partial charge in [0.1, 0.15) is 10.6 Å². The average Bonchev–Trinajstić information content (AvgIpc) is 3.11. The number of rotatable bonds is 5. The smallest absolute Gasteiger partial charge is 0.403 e. The summed E-state index contributed by atoms with van der Waals surface area (Å²) in [5.74, 6) is -6.16. The molecule has 1 aliphatic heterocycles. The van der Waals surface area contributed by atoms with Crippen molar-refractivity contribution in [2.45, 2.75) is 35.4 Å². The second-order valence-electron chi connectivity index (χ2n) is 7.41. The Labute approximate surface area is 187 Å². The highest BCUT2D eigenvalue weighted by Crippen LogP contribution is 2.59. The summed E-state index contributed by atoms with van der Waals surface area (Å²) in [6.07, 6.45) is -5.31. The van der Waals surface area contributed by atoms with Gasteiger partial charge in [-0.3, -0.25) is 4.79 Å². The number of hydrogen-bond acceptors (Lipinski definition) is 4. The Hall–Kier alpha value is -3.05. The van der Waals surface area contributed by atoms with Gasteiger partial charge in [0, 0.05) is 22.1 Å². The van der Waals surface area contributed by atoms with Crippen molar-refractivity contribution >= 4 is 29.0 Å². The van der Waals surface area contributed by atoms with Gasteiger partial charge in [-0.25, -0.2) is 8.78 Å². The fraction of sp³-hybridized carbons (Fsp3) is 0.350. The number of nitrogens with zero attached hydrogens (tertiary/aromatic N) is 3. The van der Waals surface area contributed by atoms with Crippen LogP contribution >= 0.6 is 11.8 Å². The second-order valence-corrected chi connectivity index (χ2v) is 9.05. The summed E-state index contributed by atoms with van der Waals surface area (Å²) in [4.78, 5) is 15.5. The first-order valence-corrected chi connectivity index (χ1v) is 10.2. The zero-order valence-corrected chi connectivity index (χ0v) is 17.9. The minimum absolute atomic E-state index is 0.0268. The van der Waals surface area contributed by atoms with Gasteiger partial charge in [0.2, 0.25) is 11.7 Å². The van der Waals surface area contributed by atoms with Crippen molar-refractivity contribution in [2.75, 3.05) is 12.4 Å². The predicted octanol–water partition coefficient (Wildman–Crippen LogP) is 6.60. The average molecular weight is 490 g/mol. The molecule has 33 heavy (non-hydrogen) atoms. The summed E-state index contributed by atoms with van der Waals surface area (Å²) in [5, 5.41) is 4.13. The molecule has 1 saturated heterocycles. The van der Waals surface area contributed by atoms with Gasteiger partial charge in [0.15, 0.2) is 11.6 Å². The number of benzene rings is 2. The third-order valence-electron chi connectivity index (χ3n) is 5.27. The molecule has 2 aromatic rings. The molecular weight excluding hydrogens is 474 g/mol. The lowest BCUT2D eigenvalue weighted by Gasteiger charge is -2.26. The number of nitrogens with one attached hydrogen (secondary N) is 1. The molecular formula is C20H16F6N4O2S. The second kappa shape index (κ2) is 9.06. The van der Waals surface area contributed by atoms with E-state index in [4.69, 9.17) is 10.3 Å². The normalized spacial score (nSPS) is 22.5. The Morgan fingerprint density at radius 1 is 1.24 bits per heavy atom. The molecule has 0 saturated carbocycles. The van der Waals surface area contributed by atoms with Crippen LogP contribution in [0.4, 0.5) is 37.7 Å². The van der Waals surface area contributed by atoms with Crippen molar-refractivity contribution in [1.82, 2.24) is 0 Å². The minimum atomic E-state index is -4.71. The Balaban J connectivity index is 2.02. The van der Waals surface area contributed by atoms with Crippen LogP contribution in [0.1, 0.15) is 24.8 Å². The van der Waals surface area contributed by atoms with E-state index in [1.54, 1.807) is 0 Å². The number of carbonyl (C=O) groups excluding carboxylic acids is 1. The lowest BCUT2D eigenvalue weighted by molar-refractivity contribution is -0.155. The van der Waals surface area contributed by atoms with E-state index in [1.807, 2.05) is 0 Å². The molecule has 0 unspecified atom stereocenters. The fourth-order valence-electron chi connectivity index (χ4n) is 3.60. The number of alkyl halides is 3. The molecule has 1 fully saturated rings. The number of carbonyl (C=O) groups is 1. The maximum atomic E-state index is 14.3. The Bertz CT molecular complexity index is 1140. The van der Waals surface area contributed by atoms with Gasteiger partial charge < -0.3 is 10.1 Å². The lowest BCUT2D eigenvalue weighted by atomic mass is 9.85. The standard InChI is InChI=1S/C20H16F6N4O2S/c1-19(20(24,25)26)8-11(10-4-6-13(22)15(23)16(10)32-2)17(33-19)18(31)28-9-3-5-12(21)14(7-9)29-30-27/h3-7,11,17H,8H2,1-2H3,(H,28,31)/t11-,17+,19+/m0/s1. The van der Waals surface area contributed by atoms with Crippen LogP contribution in [0.3, 0.4) is 0 Å². The van der Waals surface area contributed by atoms with Crippen molar-refractivity contribution in [3.8, 4) is 5.75 Å². The van der Waals surface area contributed by atoms with Gasteiger partial charge in [-0.1, -0.05) is 11.2 Å². The van der Waals surface area contributed by atoms with Gasteiger partial charge in [-0.05, 0) is 43.1 Å². The molecule has 0 aliphatic carbocycles. The number of hydrogen-bond donors (Lipinski definition) is 1. The first-order chi connectivity index (χ1) is 15.4. The first-order valence-electron chi connectivity index (χ1n) is 9.34. The van der Waals surface area contributed by atoms with E-state index in [2.05, 4.69) is 15.3 Å². The summed E-state index contributed by atoms with van der Waals surface area (Å²) in [7, 11) is 1.04. The molecule has 1 aliphatic rings. The highest BCUT2D eigenvalue weighted by molar-refractivity contribution is 8.02. The summed E-state index contributed by atoms with van der Waals surface area (Å²) in [6, 6.07) is 4.91. The quantitative estimate of drug-likeness (QED) is 0.222. The van der Waals surface area contributed by atoms with E-state index in [9.17, 15) is 31.1 Å². The van der Waals surface area contributed by atoms with Crippen LogP contribution in [0.2, 0.25) is 0 Å². The first kappa shape index (κ1) is 24.6. The number of methoxy groups -OCH3 is 1. The van der Waals surface area contributed by atoms with Crippen molar-refractivity contribution in [3.63, 3.8) is 0 Å². The SMILES string of the molecule is COc1c([C@@H]2C[C@](C)(C(F)(F)F)S[C@H]2C(=O)Nc2ccc(F)c(N=[N+]=[N-])c2)ccc(F)c1F. The van der Waals surface area contributed by atoms with Crippen molar-refractivity contribution < 1.29 is 35.9 Å². The number of ether oxygens (including phenoxy) is 1. The van der Waals surface area contributed by atoms with Crippen LogP contribution < -0.4 is 10.1 Å². The molecule has 0 spiro atoms. The molecule has 1 heterocycles. The zero-order valence-electron chi connectivity index (χ0n) is 17.1. The molecule has 0 bridgehead atoms. The van der Waals surface area contributed by atoms with Crippen LogP contribution in [0, 0.1) is 17.5 Å². The number of anilines is 1. The molecule has 0 aromatic heterocycles. The molecule has 176 valence electrons. The largest absolute Gasteiger partial charge is 0.493 e. The van der Waals surface area contributed by atoms with Crippen LogP contribution in [-0.2, 0) is 4.79 Å². The monoisotopic (exact) mass is 490 g/mol. The zero-order chi connectivity index (χ0) is 24.6. The maximum absolute atomic E-state index is 14.3. The Morgan fingerprint density at radius 3 is 2.52 bits per heavy atom. The van der Waals surface area contributed by atoms with Gasteiger partial charge in [0.25, 0.3) is 0 Å². The summed E-state index contributed by atoms with van der Waals surface area (Å²) in [5.41, 5.74) is 7.96. The van der Waals surface area contributed by atoms with E-state index in [1.165, 1.54) is 0 Å². The molecule has 1 amide bonds. The molecule has 13 heteroatoms. The lowest BCUT2D eigenvalue weighted by Crippen LogP contribution is -2.37. The van der Waals surface area contributed by atoms with E-state index >= 15 is 0 Å². The van der Waals surface area contributed by atoms with Gasteiger partial charge in [-0.2, -0.15) is 17.6 Å². The number of halogens is 6. The fourth-order valence-corrected chi connectivity index (χ4v) is 5.15. The Morgan fingerprint density at radius 2 is 1.91 bits per heavy atom. The summed E-state index contributed by atoms with van der Waals surface area (Å²) in [6.45, 7) is 0.919. The number of azide groups is 1. The van der Waals surface area contributed by atoms with Crippen LogP contribution in [0.15, 0.2) is 35.4 Å². The molecule has 0 radical (unpaired) electrons. The van der Waals surface area contributed by atoms with Crippen molar-refractivity contribution in [1.29, 1.82) is 0 Å². The van der Waals surface area contributed by atoms with Crippen LogP contribution in [0.5, 0.6) is 5.75 Å². The van der Waals surface area contributed by atoms with Crippen molar-refractivity contribution in [3.05, 3.63) is 63.8 Å². The van der Waals surface area contributed by atoms with Crippen LogP contribution in [-0.4, -0.2) is 29.2 Å². The highest BCUT2D eigenvalue weighted by Gasteiger charge is 2.60. The van der Waals surface area contributed by atoms with Gasteiger partial charge in [-0.15, -0.1) is 11.8 Å². The van der Waals surface area contributed by atoms with E-state index in [-0.39, 0.29) is 11.3 Å². The molecule has 2 aromatic carbocycles. The predicted molar refractivity (Wildman–Crippen MR) is 110 cm³/mol. The van der Waals surface area contributed by atoms with Crippen LogP contribution in [0.25, 0.3) is 10.4 Å². The topological polar surface area (TPSA) is 87.1 Å². The van der Waals surface area contributed by atoms with Gasteiger partial charge in [0.05, 0.1) is 18.0 Å². The summed E-state index contributed by atoms with van der Waals surface area (Å²) < 4.78 is 85.5. The molecule has 1 N–H and O–H groups in total. The van der Waals surface area contributed by atoms with E-state index in [0.717, 1.165) is 44.4 Å². The molecule has 3 rings (SSSR count). The van der Waals surface area contributed by atoms with Crippen molar-refractivity contribution in [2.24, 2.45) is 5.11 Å². The molecule has 6 nitrogen and oxygen atoms in total. The van der Waals surface area contributed by atoms with E-state index < -0.39 is 63.3 Å². The third-order valence-corrected chi connectivity index (χ3v) is 6.99. The highest BCUT2D eigenvalue weighted by atomic mass is 32.2. The summed E-state index contributed by atoms with van der Waals surface area (Å²) >= 11 is 0.332. The number of thioether (sulfide) groups is 1. The number of amides is 1. The van der Waals surface area contributed by atoms with E-state index in [0.29, 0.717) is 11.8 Å². The third kappa shape index (κ3) is 4.69. The Kier molecular flexibility index (Phi) is 6.75. The van der Waals surface area contributed by atoms with Gasteiger partial charge >= 0.3 is 6.18 Å². The minimum Gasteiger partial charge on any atom is -0.493 e.